The van der Waals surface area contributed by atoms with Crippen molar-refractivity contribution in [1.82, 2.24) is 10.2 Å². The van der Waals surface area contributed by atoms with E-state index in [1.54, 1.807) is 6.92 Å². The van der Waals surface area contributed by atoms with Crippen molar-refractivity contribution in [2.45, 2.75) is 25.8 Å². The molecular formula is C11H16N2O4. The molecule has 2 fully saturated rings. The summed E-state index contributed by atoms with van der Waals surface area (Å²) in [6.07, 6.45) is 0.638. The Morgan fingerprint density at radius 2 is 2.00 bits per heavy atom. The molecule has 1 saturated carbocycles. The first-order chi connectivity index (χ1) is 7.90. The van der Waals surface area contributed by atoms with E-state index in [2.05, 4.69) is 5.32 Å². The van der Waals surface area contributed by atoms with Gasteiger partial charge in [0.25, 0.3) is 0 Å². The van der Waals surface area contributed by atoms with Crippen LogP contribution in [0, 0.1) is 11.8 Å². The summed E-state index contributed by atoms with van der Waals surface area (Å²) >= 11 is 0. The maximum absolute atomic E-state index is 11.7. The summed E-state index contributed by atoms with van der Waals surface area (Å²) in [5.74, 6) is -1.85. The lowest BCUT2D eigenvalue weighted by atomic mass is 10.0. The van der Waals surface area contributed by atoms with Crippen LogP contribution in [0.25, 0.3) is 0 Å². The molecule has 94 valence electrons. The van der Waals surface area contributed by atoms with Crippen molar-refractivity contribution in [3.8, 4) is 0 Å². The first-order valence-electron chi connectivity index (χ1n) is 5.74. The Morgan fingerprint density at radius 1 is 1.47 bits per heavy atom. The van der Waals surface area contributed by atoms with Gasteiger partial charge in [0.15, 0.2) is 0 Å². The van der Waals surface area contributed by atoms with E-state index in [0.717, 1.165) is 4.90 Å². The fourth-order valence-corrected chi connectivity index (χ4v) is 2.31. The molecule has 3 unspecified atom stereocenters. The van der Waals surface area contributed by atoms with Crippen LogP contribution in [-0.4, -0.2) is 46.4 Å². The van der Waals surface area contributed by atoms with Crippen LogP contribution in [0.1, 0.15) is 20.3 Å². The lowest BCUT2D eigenvalue weighted by molar-refractivity contribution is -0.149. The Kier molecular flexibility index (Phi) is 2.69. The summed E-state index contributed by atoms with van der Waals surface area (Å²) < 4.78 is 0. The van der Waals surface area contributed by atoms with E-state index in [4.69, 9.17) is 5.11 Å². The molecule has 6 nitrogen and oxygen atoms in total. The molecule has 0 bridgehead atoms. The number of aliphatic carboxylic acids is 1. The van der Waals surface area contributed by atoms with E-state index < -0.39 is 11.5 Å². The van der Waals surface area contributed by atoms with Crippen molar-refractivity contribution in [3.05, 3.63) is 0 Å². The Hall–Kier alpha value is -1.43. The van der Waals surface area contributed by atoms with E-state index >= 15 is 0 Å². The highest BCUT2D eigenvalue weighted by molar-refractivity contribution is 6.09. The van der Waals surface area contributed by atoms with Crippen LogP contribution in [0.2, 0.25) is 0 Å². The number of amides is 2. The summed E-state index contributed by atoms with van der Waals surface area (Å²) in [4.78, 5) is 35.8. The molecule has 1 aliphatic carbocycles. The van der Waals surface area contributed by atoms with Gasteiger partial charge in [-0.3, -0.25) is 19.3 Å². The third kappa shape index (κ3) is 1.82. The molecule has 1 aliphatic heterocycles. The number of likely N-dealkylation sites (tertiary alicyclic amines) is 1. The minimum absolute atomic E-state index is 0.0964. The Bertz CT molecular complexity index is 375. The maximum Gasteiger partial charge on any atom is 0.325 e. The van der Waals surface area contributed by atoms with Gasteiger partial charge in [-0.1, -0.05) is 6.92 Å². The molecule has 3 atom stereocenters. The van der Waals surface area contributed by atoms with Crippen LogP contribution < -0.4 is 5.32 Å². The second-order valence-corrected chi connectivity index (χ2v) is 4.88. The molecule has 2 N–H and O–H groups in total. The Balaban J connectivity index is 2.11. The van der Waals surface area contributed by atoms with Gasteiger partial charge < -0.3 is 10.4 Å². The number of carbonyl (C=O) groups excluding carboxylic acids is 2. The molecule has 0 radical (unpaired) electrons. The van der Waals surface area contributed by atoms with Crippen molar-refractivity contribution >= 4 is 17.8 Å². The van der Waals surface area contributed by atoms with Crippen molar-refractivity contribution in [2.75, 3.05) is 13.1 Å². The normalized spacial score (nSPS) is 30.1. The summed E-state index contributed by atoms with van der Waals surface area (Å²) in [7, 11) is 0. The fourth-order valence-electron chi connectivity index (χ4n) is 2.31. The van der Waals surface area contributed by atoms with Crippen molar-refractivity contribution in [2.24, 2.45) is 11.8 Å². The number of likely N-dealkylation sites (N-methyl/N-ethyl adjacent to an activating group) is 1. The van der Waals surface area contributed by atoms with E-state index in [1.807, 2.05) is 0 Å². The topological polar surface area (TPSA) is 86.7 Å². The van der Waals surface area contributed by atoms with E-state index in [1.165, 1.54) is 6.92 Å². The number of imide groups is 1. The lowest BCUT2D eigenvalue weighted by Gasteiger charge is -2.30. The van der Waals surface area contributed by atoms with Crippen LogP contribution in [0.15, 0.2) is 0 Å². The average Bonchev–Trinajstić information content (AvgIpc) is 2.99. The molecule has 6 heteroatoms. The van der Waals surface area contributed by atoms with Crippen molar-refractivity contribution in [1.29, 1.82) is 0 Å². The quantitative estimate of drug-likeness (QED) is 0.629. The third-order valence-electron chi connectivity index (χ3n) is 3.47. The number of hydrogen-bond acceptors (Lipinski definition) is 4. The van der Waals surface area contributed by atoms with E-state index in [9.17, 15) is 14.4 Å². The smallest absolute Gasteiger partial charge is 0.325 e. The van der Waals surface area contributed by atoms with Gasteiger partial charge in [-0.25, -0.2) is 0 Å². The molecule has 0 aromatic rings. The highest BCUT2D eigenvalue weighted by Gasteiger charge is 2.60. The minimum atomic E-state index is -1.27. The second kappa shape index (κ2) is 3.80. The highest BCUT2D eigenvalue weighted by Crippen LogP contribution is 2.47. The Labute approximate surface area is 99.0 Å². The van der Waals surface area contributed by atoms with Gasteiger partial charge in [-0.15, -0.1) is 0 Å². The van der Waals surface area contributed by atoms with Gasteiger partial charge in [-0.05, 0) is 19.9 Å². The minimum Gasteiger partial charge on any atom is -0.480 e. The van der Waals surface area contributed by atoms with Crippen LogP contribution in [0.4, 0.5) is 0 Å². The van der Waals surface area contributed by atoms with Crippen LogP contribution >= 0.6 is 0 Å². The average molecular weight is 240 g/mol. The standard InChI is InChI=1S/C11H16N2O4/c1-3-12-11(2,10(16)17)5-13-8(14)6-4-7(6)9(13)15/h6-7,12H,3-5H2,1-2H3,(H,16,17). The molecule has 17 heavy (non-hydrogen) atoms. The predicted molar refractivity (Wildman–Crippen MR) is 58.0 cm³/mol. The monoisotopic (exact) mass is 240 g/mol. The zero-order valence-electron chi connectivity index (χ0n) is 9.90. The molecule has 1 heterocycles. The van der Waals surface area contributed by atoms with E-state index in [0.29, 0.717) is 13.0 Å². The SMILES string of the molecule is CCNC(C)(CN1C(=O)C2CC2C1=O)C(=O)O. The predicted octanol–water partition coefficient (Wildman–Crippen LogP) is -0.556. The number of rotatable bonds is 5. The molecular weight excluding hydrogens is 224 g/mol. The van der Waals surface area contributed by atoms with Gasteiger partial charge in [-0.2, -0.15) is 0 Å². The summed E-state index contributed by atoms with van der Waals surface area (Å²) in [6.45, 7) is 3.64. The molecule has 2 aliphatic rings. The molecule has 1 saturated heterocycles. The number of piperidine rings is 1. The second-order valence-electron chi connectivity index (χ2n) is 4.88. The van der Waals surface area contributed by atoms with Crippen LogP contribution in [0.3, 0.4) is 0 Å². The number of hydrogen-bond donors (Lipinski definition) is 2. The molecule has 2 rings (SSSR count). The molecule has 2 amide bonds. The van der Waals surface area contributed by atoms with E-state index in [-0.39, 0.29) is 30.2 Å². The molecule has 0 aromatic carbocycles. The molecule has 0 aromatic heterocycles. The zero-order valence-corrected chi connectivity index (χ0v) is 9.90. The first kappa shape index (κ1) is 12.0. The molecule has 0 spiro atoms. The summed E-state index contributed by atoms with van der Waals surface area (Å²) in [5.41, 5.74) is -1.27. The number of carbonyl (C=O) groups is 3. The van der Waals surface area contributed by atoms with Gasteiger partial charge in [0, 0.05) is 0 Å². The van der Waals surface area contributed by atoms with Gasteiger partial charge in [0.2, 0.25) is 11.8 Å². The Morgan fingerprint density at radius 3 is 2.41 bits per heavy atom. The lowest BCUT2D eigenvalue weighted by Crippen LogP contribution is -2.58. The van der Waals surface area contributed by atoms with Gasteiger partial charge >= 0.3 is 5.97 Å². The third-order valence-corrected chi connectivity index (χ3v) is 3.47. The largest absolute Gasteiger partial charge is 0.480 e. The van der Waals surface area contributed by atoms with Gasteiger partial charge in [0.05, 0.1) is 18.4 Å². The number of carboxylic acids is 1. The first-order valence-corrected chi connectivity index (χ1v) is 5.74. The van der Waals surface area contributed by atoms with Gasteiger partial charge in [0.1, 0.15) is 5.54 Å². The summed E-state index contributed by atoms with van der Waals surface area (Å²) in [5, 5.41) is 12.0. The fraction of sp³-hybridized carbons (Fsp3) is 0.727. The highest BCUT2D eigenvalue weighted by atomic mass is 16.4. The zero-order chi connectivity index (χ0) is 12.8. The van der Waals surface area contributed by atoms with Crippen LogP contribution in [0.5, 0.6) is 0 Å². The van der Waals surface area contributed by atoms with Crippen LogP contribution in [-0.2, 0) is 14.4 Å². The number of carboxylic acid groups (broad SMARTS) is 1. The number of fused-ring (bicyclic) bond motifs is 1. The maximum atomic E-state index is 11.7. The number of nitrogens with one attached hydrogen (secondary N) is 1. The van der Waals surface area contributed by atoms with Crippen molar-refractivity contribution < 1.29 is 19.5 Å². The summed E-state index contributed by atoms with van der Waals surface area (Å²) in [6, 6.07) is 0. The van der Waals surface area contributed by atoms with Crippen molar-refractivity contribution in [3.63, 3.8) is 0 Å². The number of nitrogens with zero attached hydrogens (tertiary/aromatic N) is 1.